The van der Waals surface area contributed by atoms with Gasteiger partial charge in [-0.25, -0.2) is 0 Å². The molecule has 0 unspecified atom stereocenters. The second-order valence-corrected chi connectivity index (χ2v) is 7.17. The molecular formula is C19H20N4OS. The van der Waals surface area contributed by atoms with Crippen LogP contribution < -0.4 is 4.90 Å². The highest BCUT2D eigenvalue weighted by Crippen LogP contribution is 2.31. The first kappa shape index (κ1) is 16.0. The second-order valence-electron chi connectivity index (χ2n) is 6.16. The lowest BCUT2D eigenvalue weighted by molar-refractivity contribution is -0.113. The molecule has 2 aliphatic heterocycles. The smallest absolute Gasteiger partial charge is 0.286 e. The first-order valence-electron chi connectivity index (χ1n) is 8.39. The number of aryl methyl sites for hydroxylation is 1. The number of aromatic nitrogens is 1. The predicted molar refractivity (Wildman–Crippen MR) is 104 cm³/mol. The van der Waals surface area contributed by atoms with Gasteiger partial charge >= 0.3 is 0 Å². The first-order valence-corrected chi connectivity index (χ1v) is 9.21. The number of carbonyl (C=O) groups is 1. The van der Waals surface area contributed by atoms with E-state index in [2.05, 4.69) is 39.1 Å². The average molecular weight is 352 g/mol. The third kappa shape index (κ3) is 3.35. The van der Waals surface area contributed by atoms with E-state index in [1.165, 1.54) is 17.4 Å². The van der Waals surface area contributed by atoms with Crippen LogP contribution in [0.2, 0.25) is 0 Å². The highest BCUT2D eigenvalue weighted by atomic mass is 32.2. The third-order valence-electron chi connectivity index (χ3n) is 4.54. The van der Waals surface area contributed by atoms with Crippen molar-refractivity contribution in [1.29, 1.82) is 0 Å². The highest BCUT2D eigenvalue weighted by molar-refractivity contribution is 8.18. The zero-order valence-electron chi connectivity index (χ0n) is 14.1. The summed E-state index contributed by atoms with van der Waals surface area (Å²) in [5, 5.41) is 0.832. The van der Waals surface area contributed by atoms with Gasteiger partial charge in [0.05, 0.1) is 4.91 Å². The van der Waals surface area contributed by atoms with E-state index in [0.29, 0.717) is 4.91 Å². The van der Waals surface area contributed by atoms with Crippen LogP contribution in [-0.2, 0) is 11.8 Å². The number of thioether (sulfide) groups is 1. The molecule has 0 N–H and O–H groups in total. The molecule has 0 saturated carbocycles. The molecule has 0 bridgehead atoms. The van der Waals surface area contributed by atoms with Gasteiger partial charge in [0.25, 0.3) is 5.91 Å². The quantitative estimate of drug-likeness (QED) is 0.780. The summed E-state index contributed by atoms with van der Waals surface area (Å²) in [6.07, 6.45) is 3.89. The SMILES string of the molecule is Cn1cccc1/C=C1/SC(N2CCN(c3ccccc3)CC2)=NC1=O. The van der Waals surface area contributed by atoms with Crippen LogP contribution in [-0.4, -0.2) is 46.7 Å². The third-order valence-corrected chi connectivity index (χ3v) is 5.59. The molecule has 4 rings (SSSR count). The average Bonchev–Trinajstić information content (AvgIpc) is 3.22. The van der Waals surface area contributed by atoms with Crippen molar-refractivity contribution < 1.29 is 4.79 Å². The Bertz CT molecular complexity index is 832. The van der Waals surface area contributed by atoms with Crippen molar-refractivity contribution in [2.24, 2.45) is 12.0 Å². The number of amidine groups is 1. The Morgan fingerprint density at radius 3 is 2.40 bits per heavy atom. The summed E-state index contributed by atoms with van der Waals surface area (Å²) in [6.45, 7) is 3.64. The van der Waals surface area contributed by atoms with Crippen molar-refractivity contribution in [3.05, 3.63) is 59.3 Å². The van der Waals surface area contributed by atoms with E-state index in [1.54, 1.807) is 0 Å². The topological polar surface area (TPSA) is 40.8 Å². The van der Waals surface area contributed by atoms with Gasteiger partial charge < -0.3 is 14.4 Å². The van der Waals surface area contributed by atoms with Crippen LogP contribution in [0.4, 0.5) is 5.69 Å². The molecule has 1 aromatic heterocycles. The number of aliphatic imine (C=N–C) groups is 1. The van der Waals surface area contributed by atoms with E-state index in [0.717, 1.165) is 37.0 Å². The van der Waals surface area contributed by atoms with Gasteiger partial charge in [0, 0.05) is 50.8 Å². The van der Waals surface area contributed by atoms with Crippen molar-refractivity contribution in [3.8, 4) is 0 Å². The lowest BCUT2D eigenvalue weighted by Gasteiger charge is -2.36. The summed E-state index contributed by atoms with van der Waals surface area (Å²) < 4.78 is 2.00. The van der Waals surface area contributed by atoms with Gasteiger partial charge in [-0.15, -0.1) is 0 Å². The molecule has 2 aliphatic rings. The van der Waals surface area contributed by atoms with Crippen LogP contribution in [0, 0.1) is 0 Å². The summed E-state index contributed by atoms with van der Waals surface area (Å²) in [5.74, 6) is -0.133. The van der Waals surface area contributed by atoms with Crippen molar-refractivity contribution >= 4 is 34.6 Å². The largest absolute Gasteiger partial charge is 0.368 e. The number of para-hydroxylation sites is 1. The fourth-order valence-electron chi connectivity index (χ4n) is 3.09. The minimum atomic E-state index is -0.133. The molecule has 25 heavy (non-hydrogen) atoms. The van der Waals surface area contributed by atoms with E-state index < -0.39 is 0 Å². The summed E-state index contributed by atoms with van der Waals surface area (Å²) in [5.41, 5.74) is 2.27. The maximum absolute atomic E-state index is 12.2. The van der Waals surface area contributed by atoms with Crippen LogP contribution in [0.15, 0.2) is 58.6 Å². The summed E-state index contributed by atoms with van der Waals surface area (Å²) >= 11 is 1.48. The Labute approximate surface area is 151 Å². The van der Waals surface area contributed by atoms with Gasteiger partial charge in [0.15, 0.2) is 5.17 Å². The molecule has 1 saturated heterocycles. The zero-order valence-corrected chi connectivity index (χ0v) is 14.9. The van der Waals surface area contributed by atoms with E-state index in [4.69, 9.17) is 0 Å². The molecule has 128 valence electrons. The first-order chi connectivity index (χ1) is 12.2. The molecule has 0 aliphatic carbocycles. The standard InChI is InChI=1S/C19H20N4OS/c1-21-9-5-8-16(21)14-17-18(24)20-19(25-17)23-12-10-22(11-13-23)15-6-3-2-4-7-15/h2-9,14H,10-13H2,1H3/b17-14+. The van der Waals surface area contributed by atoms with Crippen molar-refractivity contribution in [3.63, 3.8) is 0 Å². The Balaban J connectivity index is 1.41. The summed E-state index contributed by atoms with van der Waals surface area (Å²) in [4.78, 5) is 21.8. The van der Waals surface area contributed by atoms with Crippen LogP contribution in [0.1, 0.15) is 5.69 Å². The molecule has 0 radical (unpaired) electrons. The van der Waals surface area contributed by atoms with E-state index in [9.17, 15) is 4.79 Å². The number of hydrogen-bond donors (Lipinski definition) is 0. The minimum Gasteiger partial charge on any atom is -0.368 e. The van der Waals surface area contributed by atoms with Gasteiger partial charge in [-0.3, -0.25) is 4.79 Å². The lowest BCUT2D eigenvalue weighted by atomic mass is 10.2. The van der Waals surface area contributed by atoms with Gasteiger partial charge in [0.2, 0.25) is 0 Å². The van der Waals surface area contributed by atoms with Gasteiger partial charge in [-0.05, 0) is 42.1 Å². The normalized spacial score (nSPS) is 19.6. The van der Waals surface area contributed by atoms with Crippen molar-refractivity contribution in [2.75, 3.05) is 31.1 Å². The molecule has 0 atom stereocenters. The molecule has 5 nitrogen and oxygen atoms in total. The van der Waals surface area contributed by atoms with Gasteiger partial charge in [0.1, 0.15) is 0 Å². The van der Waals surface area contributed by atoms with Gasteiger partial charge in [-0.1, -0.05) is 18.2 Å². The molecule has 1 aromatic carbocycles. The van der Waals surface area contributed by atoms with Crippen LogP contribution in [0.25, 0.3) is 6.08 Å². The Hall–Kier alpha value is -2.47. The van der Waals surface area contributed by atoms with E-state index in [-0.39, 0.29) is 5.91 Å². The number of hydrogen-bond acceptors (Lipinski definition) is 4. The summed E-state index contributed by atoms with van der Waals surface area (Å²) in [6, 6.07) is 14.4. The second kappa shape index (κ2) is 6.80. The number of benzene rings is 1. The molecule has 3 heterocycles. The number of carbonyl (C=O) groups excluding carboxylic acids is 1. The fourth-order valence-corrected chi connectivity index (χ4v) is 4.04. The molecular weight excluding hydrogens is 332 g/mol. The lowest BCUT2D eigenvalue weighted by Crippen LogP contribution is -2.47. The van der Waals surface area contributed by atoms with Crippen molar-refractivity contribution in [1.82, 2.24) is 9.47 Å². The van der Waals surface area contributed by atoms with Crippen LogP contribution >= 0.6 is 11.8 Å². The minimum absolute atomic E-state index is 0.133. The molecule has 2 aromatic rings. The fraction of sp³-hybridized carbons (Fsp3) is 0.263. The molecule has 1 fully saturated rings. The number of amides is 1. The maximum Gasteiger partial charge on any atom is 0.286 e. The molecule has 0 spiro atoms. The maximum atomic E-state index is 12.2. The molecule has 6 heteroatoms. The van der Waals surface area contributed by atoms with Crippen LogP contribution in [0.3, 0.4) is 0 Å². The molecule has 1 amide bonds. The van der Waals surface area contributed by atoms with E-state index >= 15 is 0 Å². The van der Waals surface area contributed by atoms with Crippen LogP contribution in [0.5, 0.6) is 0 Å². The predicted octanol–water partition coefficient (Wildman–Crippen LogP) is 2.82. The van der Waals surface area contributed by atoms with Gasteiger partial charge in [-0.2, -0.15) is 4.99 Å². The number of piperazine rings is 1. The Morgan fingerprint density at radius 2 is 1.72 bits per heavy atom. The monoisotopic (exact) mass is 352 g/mol. The highest BCUT2D eigenvalue weighted by Gasteiger charge is 2.28. The van der Waals surface area contributed by atoms with Crippen molar-refractivity contribution in [2.45, 2.75) is 0 Å². The number of anilines is 1. The Morgan fingerprint density at radius 1 is 1.00 bits per heavy atom. The number of nitrogens with zero attached hydrogens (tertiary/aromatic N) is 4. The number of rotatable bonds is 2. The Kier molecular flexibility index (Phi) is 4.36. The summed E-state index contributed by atoms with van der Waals surface area (Å²) in [7, 11) is 1.97. The zero-order chi connectivity index (χ0) is 17.2. The van der Waals surface area contributed by atoms with E-state index in [1.807, 2.05) is 42.1 Å².